The molecule has 1 aliphatic heterocycles. The molecule has 3 rings (SSSR count). The first kappa shape index (κ1) is 21.9. The van der Waals surface area contributed by atoms with E-state index in [1.54, 1.807) is 42.1 Å². The molecule has 0 radical (unpaired) electrons. The predicted molar refractivity (Wildman–Crippen MR) is 118 cm³/mol. The van der Waals surface area contributed by atoms with Gasteiger partial charge in [-0.1, -0.05) is 42.5 Å². The van der Waals surface area contributed by atoms with Gasteiger partial charge in [-0.2, -0.15) is 16.1 Å². The minimum Gasteiger partial charge on any atom is -0.355 e. The van der Waals surface area contributed by atoms with E-state index in [-0.39, 0.29) is 23.3 Å². The van der Waals surface area contributed by atoms with Crippen LogP contribution in [0.4, 0.5) is 0 Å². The smallest absolute Gasteiger partial charge is 0.243 e. The molecule has 1 N–H and O–H groups in total. The molecule has 0 spiro atoms. The van der Waals surface area contributed by atoms with Gasteiger partial charge in [-0.3, -0.25) is 4.79 Å². The predicted octanol–water partition coefficient (Wildman–Crippen LogP) is 3.45. The molecule has 0 saturated carbocycles. The van der Waals surface area contributed by atoms with Crippen LogP contribution in [0.15, 0.2) is 59.5 Å². The second-order valence-electron chi connectivity index (χ2n) is 7.29. The highest BCUT2D eigenvalue weighted by atomic mass is 32.2. The molecule has 0 bridgehead atoms. The number of carbonyl (C=O) groups is 1. The number of hydrogen-bond acceptors (Lipinski definition) is 4. The summed E-state index contributed by atoms with van der Waals surface area (Å²) in [4.78, 5) is 12.8. The van der Waals surface area contributed by atoms with E-state index in [0.717, 1.165) is 17.9 Å². The van der Waals surface area contributed by atoms with Gasteiger partial charge in [0.15, 0.2) is 0 Å². The topological polar surface area (TPSA) is 66.5 Å². The quantitative estimate of drug-likeness (QED) is 0.649. The summed E-state index contributed by atoms with van der Waals surface area (Å²) in [5, 5.41) is 2.98. The van der Waals surface area contributed by atoms with Gasteiger partial charge in [0.1, 0.15) is 0 Å². The number of rotatable bonds is 8. The maximum Gasteiger partial charge on any atom is 0.243 e. The molecule has 1 saturated heterocycles. The summed E-state index contributed by atoms with van der Waals surface area (Å²) in [5.74, 6) is 1.42. The fourth-order valence-corrected chi connectivity index (χ4v) is 5.94. The Hall–Kier alpha value is -1.83. The number of carbonyl (C=O) groups excluding carboxylic acids is 1. The Labute approximate surface area is 177 Å². The zero-order chi connectivity index (χ0) is 20.7. The molecule has 0 aliphatic carbocycles. The summed E-state index contributed by atoms with van der Waals surface area (Å²) in [5.41, 5.74) is 2.60. The van der Waals surface area contributed by atoms with Crippen LogP contribution in [-0.4, -0.2) is 44.0 Å². The van der Waals surface area contributed by atoms with Gasteiger partial charge in [-0.05, 0) is 43.0 Å². The maximum atomic E-state index is 12.8. The molecule has 1 fully saturated rings. The van der Waals surface area contributed by atoms with E-state index in [4.69, 9.17) is 0 Å². The molecular formula is C22H28N2O3S2. The summed E-state index contributed by atoms with van der Waals surface area (Å²) in [7, 11) is -3.54. The van der Waals surface area contributed by atoms with Crippen molar-refractivity contribution in [2.45, 2.75) is 30.4 Å². The monoisotopic (exact) mass is 432 g/mol. The summed E-state index contributed by atoms with van der Waals surface area (Å²) >= 11 is 1.79. The lowest BCUT2D eigenvalue weighted by atomic mass is 9.99. The number of thioether (sulfide) groups is 1. The molecule has 0 aromatic heterocycles. The van der Waals surface area contributed by atoms with Crippen molar-refractivity contribution < 1.29 is 13.2 Å². The van der Waals surface area contributed by atoms with E-state index in [2.05, 4.69) is 24.4 Å². The van der Waals surface area contributed by atoms with Gasteiger partial charge in [0.2, 0.25) is 15.9 Å². The molecule has 156 valence electrons. The second-order valence-corrected chi connectivity index (χ2v) is 10.3. The lowest BCUT2D eigenvalue weighted by molar-refractivity contribution is -0.125. The summed E-state index contributed by atoms with van der Waals surface area (Å²) in [6.45, 7) is 3.42. The average Bonchev–Trinajstić information content (AvgIpc) is 2.75. The Morgan fingerprint density at radius 1 is 1.14 bits per heavy atom. The van der Waals surface area contributed by atoms with Gasteiger partial charge < -0.3 is 5.32 Å². The highest BCUT2D eigenvalue weighted by Gasteiger charge is 2.33. The van der Waals surface area contributed by atoms with Crippen LogP contribution >= 0.6 is 11.8 Å². The third kappa shape index (κ3) is 5.84. The first-order valence-corrected chi connectivity index (χ1v) is 12.5. The Morgan fingerprint density at radius 3 is 2.62 bits per heavy atom. The number of aryl methyl sites for hydroxylation is 1. The van der Waals surface area contributed by atoms with Crippen LogP contribution in [0.25, 0.3) is 0 Å². The maximum absolute atomic E-state index is 12.8. The van der Waals surface area contributed by atoms with E-state index in [9.17, 15) is 13.2 Å². The van der Waals surface area contributed by atoms with Crippen molar-refractivity contribution in [2.75, 3.05) is 25.4 Å². The molecule has 29 heavy (non-hydrogen) atoms. The van der Waals surface area contributed by atoms with Crippen LogP contribution in [0.5, 0.6) is 0 Å². The molecule has 7 heteroatoms. The standard InChI is InChI=1S/C22H28N2O3S2/c1-18-8-5-6-9-20(18)17-28-15-13-23-22(25)19-10-7-14-24(16-19)29(26,27)21-11-3-2-4-12-21/h2-6,8-9,11-12,19H,7,10,13-17H2,1H3,(H,23,25)/t19-/m0/s1. The number of nitrogens with zero attached hydrogens (tertiary/aromatic N) is 1. The van der Waals surface area contributed by atoms with Gasteiger partial charge in [0, 0.05) is 31.1 Å². The molecule has 0 unspecified atom stereocenters. The van der Waals surface area contributed by atoms with Crippen LogP contribution in [0.3, 0.4) is 0 Å². The Balaban J connectivity index is 1.45. The summed E-state index contributed by atoms with van der Waals surface area (Å²) in [6, 6.07) is 16.8. The van der Waals surface area contributed by atoms with Crippen LogP contribution < -0.4 is 5.32 Å². The lowest BCUT2D eigenvalue weighted by Gasteiger charge is -2.31. The minimum absolute atomic E-state index is 0.0468. The highest BCUT2D eigenvalue weighted by molar-refractivity contribution is 7.98. The van der Waals surface area contributed by atoms with Crippen molar-refractivity contribution in [3.05, 3.63) is 65.7 Å². The summed E-state index contributed by atoms with van der Waals surface area (Å²) < 4.78 is 27.1. The lowest BCUT2D eigenvalue weighted by Crippen LogP contribution is -2.45. The van der Waals surface area contributed by atoms with Crippen molar-refractivity contribution in [3.8, 4) is 0 Å². The number of nitrogens with one attached hydrogen (secondary N) is 1. The first-order valence-electron chi connectivity index (χ1n) is 9.93. The number of benzene rings is 2. The number of piperidine rings is 1. The largest absolute Gasteiger partial charge is 0.355 e. The van der Waals surface area contributed by atoms with Crippen LogP contribution in [0.1, 0.15) is 24.0 Å². The molecule has 2 aromatic rings. The van der Waals surface area contributed by atoms with Crippen molar-refractivity contribution >= 4 is 27.7 Å². The molecule has 1 heterocycles. The minimum atomic E-state index is -3.54. The number of amides is 1. The molecule has 2 aromatic carbocycles. The third-order valence-corrected chi connectivity index (χ3v) is 8.09. The van der Waals surface area contributed by atoms with E-state index >= 15 is 0 Å². The van der Waals surface area contributed by atoms with Crippen LogP contribution in [-0.2, 0) is 20.6 Å². The number of sulfonamides is 1. The summed E-state index contributed by atoms with van der Waals surface area (Å²) in [6.07, 6.45) is 1.43. The fourth-order valence-electron chi connectivity index (χ4n) is 3.46. The Bertz CT molecular complexity index is 917. The average molecular weight is 433 g/mol. The first-order chi connectivity index (χ1) is 14.0. The zero-order valence-electron chi connectivity index (χ0n) is 16.7. The van der Waals surface area contributed by atoms with Crippen LogP contribution in [0.2, 0.25) is 0 Å². The van der Waals surface area contributed by atoms with Gasteiger partial charge >= 0.3 is 0 Å². The number of hydrogen-bond donors (Lipinski definition) is 1. The third-order valence-electron chi connectivity index (χ3n) is 5.20. The molecule has 1 amide bonds. The fraction of sp³-hybridized carbons (Fsp3) is 0.409. The van der Waals surface area contributed by atoms with Gasteiger partial charge in [0.25, 0.3) is 0 Å². The van der Waals surface area contributed by atoms with E-state index < -0.39 is 10.0 Å². The van der Waals surface area contributed by atoms with Crippen LogP contribution in [0, 0.1) is 12.8 Å². The molecule has 1 atom stereocenters. The Morgan fingerprint density at radius 2 is 1.86 bits per heavy atom. The van der Waals surface area contributed by atoms with E-state index in [1.807, 2.05) is 12.1 Å². The van der Waals surface area contributed by atoms with Crippen molar-refractivity contribution in [2.24, 2.45) is 5.92 Å². The van der Waals surface area contributed by atoms with E-state index in [0.29, 0.717) is 19.5 Å². The van der Waals surface area contributed by atoms with Gasteiger partial charge in [0.05, 0.1) is 10.8 Å². The SMILES string of the molecule is Cc1ccccc1CSCCNC(=O)[C@H]1CCCN(S(=O)(=O)c2ccccc2)C1. The van der Waals surface area contributed by atoms with Gasteiger partial charge in [-0.25, -0.2) is 8.42 Å². The zero-order valence-corrected chi connectivity index (χ0v) is 18.3. The molecular weight excluding hydrogens is 404 g/mol. The van der Waals surface area contributed by atoms with Crippen molar-refractivity contribution in [1.82, 2.24) is 9.62 Å². The Kier molecular flexibility index (Phi) is 7.75. The normalized spacial score (nSPS) is 17.8. The van der Waals surface area contributed by atoms with Crippen molar-refractivity contribution in [1.29, 1.82) is 0 Å². The van der Waals surface area contributed by atoms with Gasteiger partial charge in [-0.15, -0.1) is 0 Å². The van der Waals surface area contributed by atoms with E-state index in [1.165, 1.54) is 15.4 Å². The second kappa shape index (κ2) is 10.3. The molecule has 5 nitrogen and oxygen atoms in total. The highest BCUT2D eigenvalue weighted by Crippen LogP contribution is 2.24. The molecule has 1 aliphatic rings. The van der Waals surface area contributed by atoms with Crippen molar-refractivity contribution in [3.63, 3.8) is 0 Å².